The fourth-order valence-corrected chi connectivity index (χ4v) is 3.39. The monoisotopic (exact) mass is 324 g/mol. The van der Waals surface area contributed by atoms with E-state index in [4.69, 9.17) is 9.84 Å². The lowest BCUT2D eigenvalue weighted by molar-refractivity contribution is 0.338. The SMILES string of the molecule is c1ccc2c(C3=NN(c4cccc5ccccc45)CO3)cccc2c1. The largest absolute Gasteiger partial charge is 0.453 e. The van der Waals surface area contributed by atoms with Crippen molar-refractivity contribution in [1.82, 2.24) is 0 Å². The lowest BCUT2D eigenvalue weighted by Gasteiger charge is -2.13. The molecule has 3 heteroatoms. The zero-order chi connectivity index (χ0) is 16.6. The van der Waals surface area contributed by atoms with Crippen molar-refractivity contribution in [2.24, 2.45) is 5.10 Å². The predicted octanol–water partition coefficient (Wildman–Crippen LogP) is 5.15. The van der Waals surface area contributed by atoms with Crippen molar-refractivity contribution in [3.63, 3.8) is 0 Å². The maximum absolute atomic E-state index is 5.94. The van der Waals surface area contributed by atoms with Gasteiger partial charge in [0.25, 0.3) is 0 Å². The Bertz CT molecular complexity index is 1110. The number of ether oxygens (including phenoxy) is 1. The van der Waals surface area contributed by atoms with Crippen LogP contribution >= 0.6 is 0 Å². The summed E-state index contributed by atoms with van der Waals surface area (Å²) in [5.74, 6) is 0.671. The molecule has 4 aromatic rings. The van der Waals surface area contributed by atoms with Crippen molar-refractivity contribution in [2.45, 2.75) is 0 Å². The smallest absolute Gasteiger partial charge is 0.241 e. The van der Waals surface area contributed by atoms with Crippen LogP contribution in [-0.4, -0.2) is 12.6 Å². The quantitative estimate of drug-likeness (QED) is 0.509. The highest BCUT2D eigenvalue weighted by molar-refractivity contribution is 6.08. The molecule has 0 bridgehead atoms. The third-order valence-corrected chi connectivity index (χ3v) is 4.60. The topological polar surface area (TPSA) is 24.8 Å². The first-order valence-electron chi connectivity index (χ1n) is 8.35. The number of nitrogens with zero attached hydrogens (tertiary/aromatic N) is 2. The zero-order valence-electron chi connectivity index (χ0n) is 13.6. The third kappa shape index (κ3) is 2.32. The molecular formula is C22H16N2O. The highest BCUT2D eigenvalue weighted by Crippen LogP contribution is 2.30. The fourth-order valence-electron chi connectivity index (χ4n) is 3.39. The Kier molecular flexibility index (Phi) is 3.17. The van der Waals surface area contributed by atoms with Crippen molar-refractivity contribution in [3.05, 3.63) is 90.5 Å². The Hall–Kier alpha value is -3.33. The van der Waals surface area contributed by atoms with E-state index in [1.54, 1.807) is 0 Å². The van der Waals surface area contributed by atoms with Gasteiger partial charge in [0, 0.05) is 10.9 Å². The molecule has 0 fully saturated rings. The van der Waals surface area contributed by atoms with Gasteiger partial charge in [-0.2, -0.15) is 0 Å². The molecule has 0 aliphatic carbocycles. The van der Waals surface area contributed by atoms with E-state index < -0.39 is 0 Å². The summed E-state index contributed by atoms with van der Waals surface area (Å²) in [6, 6.07) is 29.1. The summed E-state index contributed by atoms with van der Waals surface area (Å²) >= 11 is 0. The summed E-state index contributed by atoms with van der Waals surface area (Å²) < 4.78 is 5.94. The molecule has 0 saturated heterocycles. The van der Waals surface area contributed by atoms with Gasteiger partial charge < -0.3 is 4.74 Å². The van der Waals surface area contributed by atoms with Crippen molar-refractivity contribution in [1.29, 1.82) is 0 Å². The molecule has 0 aromatic heterocycles. The van der Waals surface area contributed by atoms with E-state index >= 15 is 0 Å². The zero-order valence-corrected chi connectivity index (χ0v) is 13.6. The molecule has 0 atom stereocenters. The lowest BCUT2D eigenvalue weighted by atomic mass is 10.0. The van der Waals surface area contributed by atoms with Crippen LogP contribution in [0.25, 0.3) is 21.5 Å². The first-order chi connectivity index (χ1) is 12.4. The van der Waals surface area contributed by atoms with Crippen LogP contribution in [0.15, 0.2) is 90.0 Å². The normalized spacial score (nSPS) is 13.9. The van der Waals surface area contributed by atoms with Crippen LogP contribution in [0.2, 0.25) is 0 Å². The minimum absolute atomic E-state index is 0.423. The molecule has 0 unspecified atom stereocenters. The second kappa shape index (κ2) is 5.64. The summed E-state index contributed by atoms with van der Waals surface area (Å²) in [7, 11) is 0. The standard InChI is InChI=1S/C22H16N2O/c1-3-11-18-16(7-1)9-5-13-20(18)22-23-24(15-25-22)21-14-6-10-17-8-2-4-12-19(17)21/h1-14H,15H2. The Balaban J connectivity index is 1.61. The van der Waals surface area contributed by atoms with E-state index in [2.05, 4.69) is 66.7 Å². The van der Waals surface area contributed by atoms with Crippen LogP contribution in [0, 0.1) is 0 Å². The first kappa shape index (κ1) is 14.1. The molecule has 5 rings (SSSR count). The van der Waals surface area contributed by atoms with E-state index in [1.807, 2.05) is 23.2 Å². The second-order valence-corrected chi connectivity index (χ2v) is 6.10. The number of benzene rings is 4. The van der Waals surface area contributed by atoms with Gasteiger partial charge in [0.1, 0.15) is 0 Å². The predicted molar refractivity (Wildman–Crippen MR) is 103 cm³/mol. The molecule has 3 nitrogen and oxygen atoms in total. The van der Waals surface area contributed by atoms with Crippen molar-refractivity contribution in [3.8, 4) is 0 Å². The molecule has 120 valence electrons. The summed E-state index contributed by atoms with van der Waals surface area (Å²) in [6.45, 7) is 0.423. The molecule has 4 aromatic carbocycles. The minimum atomic E-state index is 0.423. The third-order valence-electron chi connectivity index (χ3n) is 4.60. The lowest BCUT2D eigenvalue weighted by Crippen LogP contribution is -2.13. The van der Waals surface area contributed by atoms with Crippen LogP contribution in [-0.2, 0) is 4.74 Å². The minimum Gasteiger partial charge on any atom is -0.453 e. The van der Waals surface area contributed by atoms with Crippen molar-refractivity contribution < 1.29 is 4.74 Å². The number of fused-ring (bicyclic) bond motifs is 2. The number of hydrogen-bond acceptors (Lipinski definition) is 3. The van der Waals surface area contributed by atoms with E-state index in [-0.39, 0.29) is 0 Å². The number of hydrogen-bond donors (Lipinski definition) is 0. The maximum atomic E-state index is 5.94. The van der Waals surface area contributed by atoms with Gasteiger partial charge in [-0.1, -0.05) is 72.8 Å². The molecule has 0 spiro atoms. The van der Waals surface area contributed by atoms with Crippen LogP contribution in [0.3, 0.4) is 0 Å². The second-order valence-electron chi connectivity index (χ2n) is 6.10. The van der Waals surface area contributed by atoms with Crippen LogP contribution in [0.1, 0.15) is 5.56 Å². The molecule has 0 N–H and O–H groups in total. The van der Waals surface area contributed by atoms with Crippen LogP contribution in [0.4, 0.5) is 5.69 Å². The molecular weight excluding hydrogens is 308 g/mol. The summed E-state index contributed by atoms with van der Waals surface area (Å²) in [5.41, 5.74) is 2.09. The number of anilines is 1. The van der Waals surface area contributed by atoms with E-state index in [0.717, 1.165) is 16.6 Å². The first-order valence-corrected chi connectivity index (χ1v) is 8.35. The van der Waals surface area contributed by atoms with Crippen molar-refractivity contribution in [2.75, 3.05) is 11.7 Å². The highest BCUT2D eigenvalue weighted by Gasteiger charge is 2.21. The molecule has 0 amide bonds. The highest BCUT2D eigenvalue weighted by atomic mass is 16.5. The van der Waals surface area contributed by atoms with Gasteiger partial charge in [-0.25, -0.2) is 5.01 Å². The average molecular weight is 324 g/mol. The maximum Gasteiger partial charge on any atom is 0.241 e. The summed E-state index contributed by atoms with van der Waals surface area (Å²) in [5, 5.41) is 11.4. The number of hydrazone groups is 1. The Morgan fingerprint density at radius 1 is 0.680 bits per heavy atom. The molecule has 25 heavy (non-hydrogen) atoms. The Labute approximate surface area is 145 Å². The van der Waals surface area contributed by atoms with Gasteiger partial charge >= 0.3 is 0 Å². The average Bonchev–Trinajstić information content (AvgIpc) is 3.17. The molecule has 0 radical (unpaired) electrons. The number of rotatable bonds is 2. The van der Waals surface area contributed by atoms with Crippen molar-refractivity contribution >= 4 is 33.1 Å². The van der Waals surface area contributed by atoms with Crippen LogP contribution < -0.4 is 5.01 Å². The van der Waals surface area contributed by atoms with E-state index in [1.165, 1.54) is 16.2 Å². The fraction of sp³-hybridized carbons (Fsp3) is 0.0455. The van der Waals surface area contributed by atoms with E-state index in [0.29, 0.717) is 12.6 Å². The van der Waals surface area contributed by atoms with Gasteiger partial charge in [0.2, 0.25) is 5.90 Å². The summed E-state index contributed by atoms with van der Waals surface area (Å²) in [4.78, 5) is 0. The Morgan fingerprint density at radius 2 is 1.32 bits per heavy atom. The molecule has 0 saturated carbocycles. The molecule has 1 aliphatic heterocycles. The van der Waals surface area contributed by atoms with Gasteiger partial charge in [-0.05, 0) is 28.3 Å². The van der Waals surface area contributed by atoms with Gasteiger partial charge in [-0.15, -0.1) is 5.10 Å². The van der Waals surface area contributed by atoms with E-state index in [9.17, 15) is 0 Å². The molecule has 1 heterocycles. The van der Waals surface area contributed by atoms with Crippen LogP contribution in [0.5, 0.6) is 0 Å². The van der Waals surface area contributed by atoms with Gasteiger partial charge in [-0.3, -0.25) is 0 Å². The Morgan fingerprint density at radius 3 is 2.16 bits per heavy atom. The van der Waals surface area contributed by atoms with Gasteiger partial charge in [0.05, 0.1) is 5.69 Å². The van der Waals surface area contributed by atoms with Gasteiger partial charge in [0.15, 0.2) is 6.73 Å². The summed E-state index contributed by atoms with van der Waals surface area (Å²) in [6.07, 6.45) is 0. The molecule has 1 aliphatic rings.